The van der Waals surface area contributed by atoms with Gasteiger partial charge in [0, 0.05) is 12.4 Å². The quantitative estimate of drug-likeness (QED) is 0.532. The van der Waals surface area contributed by atoms with Gasteiger partial charge in [0.1, 0.15) is 5.69 Å². The molecule has 0 radical (unpaired) electrons. The fraction of sp³-hybridized carbons (Fsp3) is 0.304. The lowest BCUT2D eigenvalue weighted by Crippen LogP contribution is -2.32. The van der Waals surface area contributed by atoms with Gasteiger partial charge in [-0.25, -0.2) is 8.78 Å². The first-order chi connectivity index (χ1) is 14.7. The number of rotatable bonds is 7. The van der Waals surface area contributed by atoms with Gasteiger partial charge in [-0.15, -0.1) is 0 Å². The number of aliphatic carboxylic acids is 1. The molecule has 164 valence electrons. The average molecular weight is 430 g/mol. The average Bonchev–Trinajstić information content (AvgIpc) is 3.07. The number of aryl methyl sites for hydroxylation is 2. The van der Waals surface area contributed by atoms with Crippen molar-refractivity contribution in [1.82, 2.24) is 9.88 Å². The molecule has 1 heterocycles. The van der Waals surface area contributed by atoms with E-state index in [2.05, 4.69) is 5.32 Å². The third-order valence-corrected chi connectivity index (χ3v) is 5.58. The molecule has 3 rings (SSSR count). The zero-order valence-electron chi connectivity index (χ0n) is 17.4. The van der Waals surface area contributed by atoms with Crippen molar-refractivity contribution in [3.8, 4) is 0 Å². The molecule has 6 nitrogen and oxygen atoms in total. The lowest BCUT2D eigenvalue weighted by molar-refractivity contribution is -0.138. The van der Waals surface area contributed by atoms with E-state index in [1.165, 1.54) is 23.6 Å². The first-order valence-electron chi connectivity index (χ1n) is 9.87. The first kappa shape index (κ1) is 22.4. The van der Waals surface area contributed by atoms with Gasteiger partial charge in [-0.2, -0.15) is 0 Å². The lowest BCUT2D eigenvalue weighted by atomic mass is 9.94. The second-order valence-corrected chi connectivity index (χ2v) is 7.52. The van der Waals surface area contributed by atoms with E-state index in [9.17, 15) is 28.6 Å². The van der Waals surface area contributed by atoms with Crippen LogP contribution in [0.1, 0.15) is 52.5 Å². The predicted molar refractivity (Wildman–Crippen MR) is 112 cm³/mol. The van der Waals surface area contributed by atoms with E-state index in [-0.39, 0.29) is 16.6 Å². The number of aromatic nitrogens is 1. The molecule has 1 amide bonds. The number of carbonyl (C=O) groups excluding carboxylic acids is 1. The molecule has 0 fully saturated rings. The summed E-state index contributed by atoms with van der Waals surface area (Å²) in [5.41, 5.74) is 1.85. The predicted octanol–water partition coefficient (Wildman–Crippen LogP) is 3.81. The Morgan fingerprint density at radius 1 is 1.10 bits per heavy atom. The number of carboxylic acid groups (broad SMARTS) is 1. The SMILES string of the molecule is CCC(C(=O)O)c1ccc([C@@H](CO)NC(=O)c2cc3c(F)c(F)c(C)cc3n2C)cc1. The Bertz CT molecular complexity index is 1140. The van der Waals surface area contributed by atoms with Crippen molar-refractivity contribution < 1.29 is 28.6 Å². The van der Waals surface area contributed by atoms with E-state index in [1.807, 2.05) is 0 Å². The summed E-state index contributed by atoms with van der Waals surface area (Å²) in [4.78, 5) is 24.2. The minimum absolute atomic E-state index is 0.0000653. The van der Waals surface area contributed by atoms with Crippen LogP contribution in [-0.4, -0.2) is 33.3 Å². The number of nitrogens with zero attached hydrogens (tertiary/aromatic N) is 1. The van der Waals surface area contributed by atoms with E-state index < -0.39 is 42.1 Å². The van der Waals surface area contributed by atoms with E-state index in [0.29, 0.717) is 23.1 Å². The number of carboxylic acids is 1. The third-order valence-electron chi connectivity index (χ3n) is 5.58. The zero-order chi connectivity index (χ0) is 22.9. The fourth-order valence-corrected chi connectivity index (χ4v) is 3.73. The normalized spacial score (nSPS) is 13.2. The molecule has 0 bridgehead atoms. The molecule has 3 aromatic rings. The highest BCUT2D eigenvalue weighted by Gasteiger charge is 2.22. The maximum absolute atomic E-state index is 14.3. The Morgan fingerprint density at radius 3 is 2.26 bits per heavy atom. The summed E-state index contributed by atoms with van der Waals surface area (Å²) in [6.07, 6.45) is 0.437. The van der Waals surface area contributed by atoms with Crippen molar-refractivity contribution in [2.24, 2.45) is 7.05 Å². The van der Waals surface area contributed by atoms with Crippen molar-refractivity contribution in [2.75, 3.05) is 6.61 Å². The summed E-state index contributed by atoms with van der Waals surface area (Å²) >= 11 is 0. The molecule has 0 aliphatic rings. The number of halogens is 2. The van der Waals surface area contributed by atoms with Gasteiger partial charge in [-0.1, -0.05) is 31.2 Å². The second kappa shape index (κ2) is 8.85. The number of nitrogens with one attached hydrogen (secondary N) is 1. The van der Waals surface area contributed by atoms with Crippen LogP contribution in [0.15, 0.2) is 36.4 Å². The van der Waals surface area contributed by atoms with Crippen molar-refractivity contribution in [3.63, 3.8) is 0 Å². The highest BCUT2D eigenvalue weighted by atomic mass is 19.2. The highest BCUT2D eigenvalue weighted by molar-refractivity contribution is 5.99. The maximum atomic E-state index is 14.3. The van der Waals surface area contributed by atoms with Crippen LogP contribution in [0.25, 0.3) is 10.9 Å². The van der Waals surface area contributed by atoms with E-state index in [4.69, 9.17) is 0 Å². The van der Waals surface area contributed by atoms with E-state index in [1.54, 1.807) is 38.2 Å². The monoisotopic (exact) mass is 430 g/mol. The third kappa shape index (κ3) is 4.16. The van der Waals surface area contributed by atoms with Gasteiger partial charge >= 0.3 is 5.97 Å². The van der Waals surface area contributed by atoms with Crippen molar-refractivity contribution in [1.29, 1.82) is 0 Å². The Labute approximate surface area is 178 Å². The summed E-state index contributed by atoms with van der Waals surface area (Å²) in [5, 5.41) is 21.8. The largest absolute Gasteiger partial charge is 0.481 e. The molecule has 0 spiro atoms. The number of fused-ring (bicyclic) bond motifs is 1. The number of benzene rings is 2. The number of aliphatic hydroxyl groups excluding tert-OH is 1. The smallest absolute Gasteiger partial charge is 0.310 e. The van der Waals surface area contributed by atoms with Crippen molar-refractivity contribution >= 4 is 22.8 Å². The highest BCUT2D eigenvalue weighted by Crippen LogP contribution is 2.27. The molecule has 0 saturated heterocycles. The summed E-state index contributed by atoms with van der Waals surface area (Å²) in [7, 11) is 1.58. The number of carbonyl (C=O) groups is 2. The van der Waals surface area contributed by atoms with Crippen LogP contribution >= 0.6 is 0 Å². The van der Waals surface area contributed by atoms with Crippen LogP contribution in [0.4, 0.5) is 8.78 Å². The molecule has 3 N–H and O–H groups in total. The number of hydrogen-bond donors (Lipinski definition) is 3. The van der Waals surface area contributed by atoms with Crippen LogP contribution < -0.4 is 5.32 Å². The summed E-state index contributed by atoms with van der Waals surface area (Å²) in [6, 6.07) is 8.61. The van der Waals surface area contributed by atoms with Crippen LogP contribution in [0.5, 0.6) is 0 Å². The van der Waals surface area contributed by atoms with Crippen molar-refractivity contribution in [3.05, 3.63) is 70.4 Å². The molecule has 31 heavy (non-hydrogen) atoms. The topological polar surface area (TPSA) is 91.6 Å². The van der Waals surface area contributed by atoms with E-state index >= 15 is 0 Å². The Kier molecular flexibility index (Phi) is 6.40. The summed E-state index contributed by atoms with van der Waals surface area (Å²) in [5.74, 6) is -4.08. The number of amides is 1. The molecule has 2 atom stereocenters. The molecular formula is C23H24F2N2O4. The Hall–Kier alpha value is -3.26. The molecule has 0 saturated carbocycles. The molecular weight excluding hydrogens is 406 g/mol. The molecule has 1 aromatic heterocycles. The number of aliphatic hydroxyl groups is 1. The van der Waals surface area contributed by atoms with Gasteiger partial charge in [0.2, 0.25) is 0 Å². The standard InChI is InChI=1S/C23H24F2N2O4/c1-4-15(23(30)31)13-5-7-14(8-6-13)17(11-28)26-22(29)19-10-16-18(27(19)3)9-12(2)20(24)21(16)25/h5-10,15,17,28H,4,11H2,1-3H3,(H,26,29)(H,30,31)/t15?,17-/m1/s1. The van der Waals surface area contributed by atoms with Gasteiger partial charge in [0.25, 0.3) is 5.91 Å². The first-order valence-corrected chi connectivity index (χ1v) is 9.87. The maximum Gasteiger partial charge on any atom is 0.310 e. The Balaban J connectivity index is 1.87. The zero-order valence-corrected chi connectivity index (χ0v) is 17.4. The Morgan fingerprint density at radius 2 is 1.71 bits per heavy atom. The van der Waals surface area contributed by atoms with Crippen LogP contribution in [0.2, 0.25) is 0 Å². The fourth-order valence-electron chi connectivity index (χ4n) is 3.73. The van der Waals surface area contributed by atoms with E-state index in [0.717, 1.165) is 0 Å². The van der Waals surface area contributed by atoms with Gasteiger partial charge in [0.15, 0.2) is 11.6 Å². The minimum Gasteiger partial charge on any atom is -0.481 e. The van der Waals surface area contributed by atoms with Crippen molar-refractivity contribution in [2.45, 2.75) is 32.2 Å². The van der Waals surface area contributed by atoms with Gasteiger partial charge in [0.05, 0.1) is 24.1 Å². The number of hydrogen-bond acceptors (Lipinski definition) is 3. The summed E-state index contributed by atoms with van der Waals surface area (Å²) < 4.78 is 29.7. The molecule has 2 aromatic carbocycles. The van der Waals surface area contributed by atoms with Crippen LogP contribution in [-0.2, 0) is 11.8 Å². The van der Waals surface area contributed by atoms with Crippen LogP contribution in [0, 0.1) is 18.6 Å². The van der Waals surface area contributed by atoms with Gasteiger partial charge in [-0.3, -0.25) is 9.59 Å². The molecule has 0 aliphatic heterocycles. The van der Waals surface area contributed by atoms with Crippen LogP contribution in [0.3, 0.4) is 0 Å². The molecule has 1 unspecified atom stereocenters. The minimum atomic E-state index is -1.01. The van der Waals surface area contributed by atoms with Gasteiger partial charge < -0.3 is 20.1 Å². The molecule has 8 heteroatoms. The molecule has 0 aliphatic carbocycles. The lowest BCUT2D eigenvalue weighted by Gasteiger charge is -2.18. The summed E-state index contributed by atoms with van der Waals surface area (Å²) in [6.45, 7) is 2.83. The van der Waals surface area contributed by atoms with Gasteiger partial charge in [-0.05, 0) is 42.2 Å². The second-order valence-electron chi connectivity index (χ2n) is 7.52.